The minimum atomic E-state index is -0.290. The van der Waals surface area contributed by atoms with E-state index in [9.17, 15) is 9.18 Å². The van der Waals surface area contributed by atoms with Crippen LogP contribution < -0.4 is 15.0 Å². The standard InChI is InChI=1S/C33H34FN3O3/c1-3-10-26-19-24(20-30(39-4-2)31(26)40-22-23-15-17-27(34)18-16-23)21-35-37-32(25-11-6-5-7-12-25)36-29-14-9-8-13-28(29)33(37)38/h3,8-9,13-21,25H,1,4-7,10-12,22H2,2H3. The average Bonchev–Trinajstić information content (AvgIpc) is 2.98. The molecule has 5 rings (SSSR count). The molecule has 206 valence electrons. The Labute approximate surface area is 233 Å². The Morgan fingerprint density at radius 2 is 1.85 bits per heavy atom. The molecule has 1 aromatic heterocycles. The van der Waals surface area contributed by atoms with Crippen LogP contribution in [0.4, 0.5) is 4.39 Å². The van der Waals surface area contributed by atoms with Crippen molar-refractivity contribution in [3.63, 3.8) is 0 Å². The molecule has 0 N–H and O–H groups in total. The maximum atomic E-state index is 13.6. The molecule has 1 saturated carbocycles. The summed E-state index contributed by atoms with van der Waals surface area (Å²) in [6.07, 6.45) is 9.48. The van der Waals surface area contributed by atoms with Crippen molar-refractivity contribution in [2.75, 3.05) is 6.61 Å². The number of aromatic nitrogens is 2. The first-order valence-electron chi connectivity index (χ1n) is 13.9. The lowest BCUT2D eigenvalue weighted by molar-refractivity contribution is 0.267. The number of hydrogen-bond acceptors (Lipinski definition) is 5. The molecule has 40 heavy (non-hydrogen) atoms. The van der Waals surface area contributed by atoms with Crippen molar-refractivity contribution in [2.45, 2.75) is 58.0 Å². The zero-order valence-corrected chi connectivity index (χ0v) is 22.8. The Balaban J connectivity index is 1.53. The number of fused-ring (bicyclic) bond motifs is 1. The maximum absolute atomic E-state index is 13.6. The summed E-state index contributed by atoms with van der Waals surface area (Å²) in [6, 6.07) is 17.5. The van der Waals surface area contributed by atoms with Gasteiger partial charge in [0.1, 0.15) is 18.2 Å². The van der Waals surface area contributed by atoms with Gasteiger partial charge in [-0.25, -0.2) is 9.37 Å². The lowest BCUT2D eigenvalue weighted by atomic mass is 9.88. The number of ether oxygens (including phenoxy) is 2. The average molecular weight is 540 g/mol. The Morgan fingerprint density at radius 3 is 2.60 bits per heavy atom. The van der Waals surface area contributed by atoms with E-state index in [-0.39, 0.29) is 23.9 Å². The smallest absolute Gasteiger partial charge is 0.282 e. The number of hydrogen-bond donors (Lipinski definition) is 0. The van der Waals surface area contributed by atoms with Crippen LogP contribution in [0.3, 0.4) is 0 Å². The van der Waals surface area contributed by atoms with Gasteiger partial charge in [0.2, 0.25) is 0 Å². The van der Waals surface area contributed by atoms with Crippen LogP contribution in [-0.4, -0.2) is 22.5 Å². The van der Waals surface area contributed by atoms with E-state index >= 15 is 0 Å². The van der Waals surface area contributed by atoms with Crippen molar-refractivity contribution in [1.82, 2.24) is 9.66 Å². The molecule has 0 unspecified atom stereocenters. The van der Waals surface area contributed by atoms with Crippen molar-refractivity contribution in [3.05, 3.63) is 112 Å². The Hall–Kier alpha value is -4.26. The summed E-state index contributed by atoms with van der Waals surface area (Å²) in [7, 11) is 0. The second-order valence-corrected chi connectivity index (χ2v) is 10.0. The molecular formula is C33H34FN3O3. The largest absolute Gasteiger partial charge is 0.490 e. The Bertz CT molecular complexity index is 1570. The fraction of sp³-hybridized carbons (Fsp3) is 0.303. The molecule has 0 atom stereocenters. The monoisotopic (exact) mass is 539 g/mol. The van der Waals surface area contributed by atoms with E-state index in [1.165, 1.54) is 23.2 Å². The molecule has 1 aliphatic rings. The van der Waals surface area contributed by atoms with Gasteiger partial charge in [-0.05, 0) is 73.7 Å². The van der Waals surface area contributed by atoms with E-state index in [4.69, 9.17) is 19.6 Å². The first kappa shape index (κ1) is 27.3. The fourth-order valence-corrected chi connectivity index (χ4v) is 5.23. The molecule has 0 spiro atoms. The van der Waals surface area contributed by atoms with Crippen LogP contribution in [0.1, 0.15) is 67.5 Å². The van der Waals surface area contributed by atoms with Gasteiger partial charge in [-0.3, -0.25) is 4.79 Å². The maximum Gasteiger partial charge on any atom is 0.282 e. The molecule has 1 fully saturated rings. The van der Waals surface area contributed by atoms with Gasteiger partial charge in [0.25, 0.3) is 5.56 Å². The number of nitrogens with zero attached hydrogens (tertiary/aromatic N) is 3. The molecule has 0 amide bonds. The van der Waals surface area contributed by atoms with Crippen LogP contribution in [0.5, 0.6) is 11.5 Å². The van der Waals surface area contributed by atoms with E-state index in [2.05, 4.69) is 6.58 Å². The normalized spacial score (nSPS) is 14.1. The fourth-order valence-electron chi connectivity index (χ4n) is 5.23. The van der Waals surface area contributed by atoms with Crippen molar-refractivity contribution in [2.24, 2.45) is 5.10 Å². The van der Waals surface area contributed by atoms with Crippen LogP contribution in [0.25, 0.3) is 10.9 Å². The topological polar surface area (TPSA) is 65.7 Å². The second kappa shape index (κ2) is 12.7. The predicted octanol–water partition coefficient (Wildman–Crippen LogP) is 7.17. The van der Waals surface area contributed by atoms with Crippen LogP contribution in [0, 0.1) is 5.82 Å². The summed E-state index contributed by atoms with van der Waals surface area (Å²) >= 11 is 0. The van der Waals surface area contributed by atoms with Gasteiger partial charge < -0.3 is 9.47 Å². The van der Waals surface area contributed by atoms with Gasteiger partial charge in [0, 0.05) is 11.5 Å². The Morgan fingerprint density at radius 1 is 1.07 bits per heavy atom. The summed E-state index contributed by atoms with van der Waals surface area (Å²) in [5.41, 5.74) is 3.02. The predicted molar refractivity (Wildman–Crippen MR) is 157 cm³/mol. The van der Waals surface area contributed by atoms with Crippen LogP contribution in [-0.2, 0) is 13.0 Å². The molecule has 7 heteroatoms. The first-order chi connectivity index (χ1) is 19.6. The second-order valence-electron chi connectivity index (χ2n) is 10.0. The van der Waals surface area contributed by atoms with Crippen LogP contribution in [0.15, 0.2) is 83.2 Å². The lowest BCUT2D eigenvalue weighted by Gasteiger charge is -2.22. The minimum Gasteiger partial charge on any atom is -0.490 e. The number of benzene rings is 3. The van der Waals surface area contributed by atoms with Gasteiger partial charge in [-0.2, -0.15) is 9.78 Å². The highest BCUT2D eigenvalue weighted by atomic mass is 19.1. The summed E-state index contributed by atoms with van der Waals surface area (Å²) < 4.78 is 27.0. The Kier molecular flexibility index (Phi) is 8.69. The molecule has 1 aliphatic carbocycles. The van der Waals surface area contributed by atoms with Crippen molar-refractivity contribution in [3.8, 4) is 11.5 Å². The highest BCUT2D eigenvalue weighted by molar-refractivity contribution is 5.82. The molecule has 3 aromatic carbocycles. The molecule has 0 aliphatic heterocycles. The number of allylic oxidation sites excluding steroid dienone is 1. The van der Waals surface area contributed by atoms with Gasteiger partial charge in [0.15, 0.2) is 11.5 Å². The molecule has 0 bridgehead atoms. The molecule has 0 radical (unpaired) electrons. The van der Waals surface area contributed by atoms with Crippen molar-refractivity contribution in [1.29, 1.82) is 0 Å². The van der Waals surface area contributed by atoms with Gasteiger partial charge >= 0.3 is 0 Å². The van der Waals surface area contributed by atoms with E-state index in [0.717, 1.165) is 48.2 Å². The lowest BCUT2D eigenvalue weighted by Crippen LogP contribution is -2.25. The SMILES string of the molecule is C=CCc1cc(C=Nn2c(C3CCCCC3)nc3ccccc3c2=O)cc(OCC)c1OCc1ccc(F)cc1. The third-order valence-electron chi connectivity index (χ3n) is 7.19. The summed E-state index contributed by atoms with van der Waals surface area (Å²) in [5, 5.41) is 5.24. The highest BCUT2D eigenvalue weighted by Crippen LogP contribution is 2.35. The van der Waals surface area contributed by atoms with Crippen LogP contribution in [0.2, 0.25) is 0 Å². The molecular weight excluding hydrogens is 505 g/mol. The summed E-state index contributed by atoms with van der Waals surface area (Å²) in [5.74, 6) is 1.80. The summed E-state index contributed by atoms with van der Waals surface area (Å²) in [4.78, 5) is 18.5. The van der Waals surface area contributed by atoms with Gasteiger partial charge in [-0.1, -0.05) is 49.6 Å². The number of halogens is 1. The zero-order valence-electron chi connectivity index (χ0n) is 22.8. The van der Waals surface area contributed by atoms with E-state index < -0.39 is 0 Å². The highest BCUT2D eigenvalue weighted by Gasteiger charge is 2.22. The third kappa shape index (κ3) is 6.14. The molecule has 6 nitrogen and oxygen atoms in total. The molecule has 1 heterocycles. The molecule has 0 saturated heterocycles. The molecule has 4 aromatic rings. The van der Waals surface area contributed by atoms with Gasteiger partial charge in [-0.15, -0.1) is 6.58 Å². The zero-order chi connectivity index (χ0) is 27.9. The number of rotatable bonds is 10. The van der Waals surface area contributed by atoms with Crippen molar-refractivity contribution >= 4 is 17.1 Å². The first-order valence-corrected chi connectivity index (χ1v) is 13.9. The van der Waals surface area contributed by atoms with E-state index in [1.807, 2.05) is 37.3 Å². The van der Waals surface area contributed by atoms with E-state index in [0.29, 0.717) is 35.4 Å². The number of para-hydroxylation sites is 1. The van der Waals surface area contributed by atoms with Gasteiger partial charge in [0.05, 0.1) is 23.7 Å². The minimum absolute atomic E-state index is 0.168. The van der Waals surface area contributed by atoms with Crippen LogP contribution >= 0.6 is 0 Å². The van der Waals surface area contributed by atoms with Crippen molar-refractivity contribution < 1.29 is 13.9 Å². The third-order valence-corrected chi connectivity index (χ3v) is 7.19. The van der Waals surface area contributed by atoms with E-state index in [1.54, 1.807) is 30.5 Å². The quantitative estimate of drug-likeness (QED) is 0.158. The summed E-state index contributed by atoms with van der Waals surface area (Å²) in [6.45, 7) is 6.52.